The molecule has 0 aliphatic carbocycles. The summed E-state index contributed by atoms with van der Waals surface area (Å²) in [7, 11) is 0.225. The third-order valence-electron chi connectivity index (χ3n) is 2.78. The van der Waals surface area contributed by atoms with E-state index in [9.17, 15) is 9.00 Å². The number of rotatable bonds is 4. The van der Waals surface area contributed by atoms with Crippen LogP contribution in [0.5, 0.6) is 5.75 Å². The van der Waals surface area contributed by atoms with Gasteiger partial charge in [-0.1, -0.05) is 0 Å². The Bertz CT molecular complexity index is 524. The van der Waals surface area contributed by atoms with E-state index in [4.69, 9.17) is 10.5 Å². The van der Waals surface area contributed by atoms with E-state index in [2.05, 4.69) is 5.32 Å². The van der Waals surface area contributed by atoms with Gasteiger partial charge in [-0.2, -0.15) is 0 Å². The Morgan fingerprint density at radius 1 is 1.40 bits per heavy atom. The molecular formula is C14H22N2O3S. The molecule has 20 heavy (non-hydrogen) atoms. The Kier molecular flexibility index (Phi) is 5.16. The summed E-state index contributed by atoms with van der Waals surface area (Å²) in [5, 5.41) is 2.12. The molecule has 0 aliphatic heterocycles. The van der Waals surface area contributed by atoms with Crippen LogP contribution >= 0.6 is 0 Å². The van der Waals surface area contributed by atoms with E-state index in [1.54, 1.807) is 25.1 Å². The van der Waals surface area contributed by atoms with Gasteiger partial charge in [0, 0.05) is 27.3 Å². The Balaban J connectivity index is 2.89. The highest BCUT2D eigenvalue weighted by Gasteiger charge is 2.30. The molecule has 1 rings (SSSR count). The fourth-order valence-electron chi connectivity index (χ4n) is 1.67. The number of nitrogen functional groups attached to an aromatic ring is 1. The first kappa shape index (κ1) is 16.5. The maximum absolute atomic E-state index is 12.2. The molecule has 0 radical (unpaired) electrons. The molecule has 1 aromatic carbocycles. The molecule has 5 nitrogen and oxygen atoms in total. The van der Waals surface area contributed by atoms with E-state index in [0.717, 1.165) is 0 Å². The van der Waals surface area contributed by atoms with Gasteiger partial charge in [-0.15, -0.1) is 0 Å². The summed E-state index contributed by atoms with van der Waals surface area (Å²) in [6, 6.07) is 4.96. The Morgan fingerprint density at radius 2 is 2.00 bits per heavy atom. The van der Waals surface area contributed by atoms with E-state index in [0.29, 0.717) is 17.1 Å². The maximum atomic E-state index is 12.2. The van der Waals surface area contributed by atoms with Gasteiger partial charge in [0.15, 0.2) is 0 Å². The minimum Gasteiger partial charge on any atom is -0.494 e. The monoisotopic (exact) mass is 298 g/mol. The Labute approximate surface area is 122 Å². The van der Waals surface area contributed by atoms with Gasteiger partial charge in [0.1, 0.15) is 11.0 Å². The van der Waals surface area contributed by atoms with Crippen molar-refractivity contribution < 1.29 is 13.7 Å². The first-order valence-corrected chi connectivity index (χ1v) is 7.53. The van der Waals surface area contributed by atoms with Gasteiger partial charge in [-0.05, 0) is 39.8 Å². The van der Waals surface area contributed by atoms with Crippen LogP contribution in [0, 0.1) is 0 Å². The molecule has 3 N–H and O–H groups in total. The largest absolute Gasteiger partial charge is 0.494 e. The lowest BCUT2D eigenvalue weighted by Gasteiger charge is -2.22. The molecule has 1 aromatic rings. The second-order valence-electron chi connectivity index (χ2n) is 5.50. The van der Waals surface area contributed by atoms with Crippen molar-refractivity contribution in [1.82, 2.24) is 0 Å². The van der Waals surface area contributed by atoms with Gasteiger partial charge in [0.2, 0.25) is 5.91 Å². The number of methoxy groups -OCH3 is 1. The Morgan fingerprint density at radius 3 is 2.50 bits per heavy atom. The lowest BCUT2D eigenvalue weighted by Crippen LogP contribution is -2.37. The van der Waals surface area contributed by atoms with Gasteiger partial charge in [0.25, 0.3) is 0 Å². The van der Waals surface area contributed by atoms with Crippen molar-refractivity contribution in [3.63, 3.8) is 0 Å². The number of hydrogen-bond acceptors (Lipinski definition) is 4. The van der Waals surface area contributed by atoms with E-state index in [1.165, 1.54) is 7.11 Å². The average molecular weight is 298 g/mol. The van der Waals surface area contributed by atoms with Gasteiger partial charge >= 0.3 is 0 Å². The summed E-state index contributed by atoms with van der Waals surface area (Å²) >= 11 is 0. The van der Waals surface area contributed by atoms with Crippen molar-refractivity contribution in [3.8, 4) is 5.75 Å². The normalized spacial score (nSPS) is 14.4. The molecule has 2 unspecified atom stereocenters. The molecule has 112 valence electrons. The third-order valence-corrected chi connectivity index (χ3v) is 4.84. The van der Waals surface area contributed by atoms with E-state index in [1.807, 2.05) is 20.8 Å². The van der Waals surface area contributed by atoms with Crippen LogP contribution in [0.4, 0.5) is 11.4 Å². The van der Waals surface area contributed by atoms with Crippen molar-refractivity contribution in [3.05, 3.63) is 18.2 Å². The first-order chi connectivity index (χ1) is 9.16. The minimum absolute atomic E-state index is 0.304. The quantitative estimate of drug-likeness (QED) is 0.835. The van der Waals surface area contributed by atoms with Crippen molar-refractivity contribution in [1.29, 1.82) is 0 Å². The van der Waals surface area contributed by atoms with Crippen molar-refractivity contribution in [2.45, 2.75) is 37.7 Å². The number of amides is 1. The topological polar surface area (TPSA) is 81.4 Å². The Hall–Kier alpha value is -1.56. The van der Waals surface area contributed by atoms with Crippen LogP contribution in [0.1, 0.15) is 27.7 Å². The number of anilines is 2. The van der Waals surface area contributed by atoms with Crippen LogP contribution in [0.2, 0.25) is 0 Å². The molecule has 1 amide bonds. The molecule has 2 atom stereocenters. The zero-order valence-electron chi connectivity index (χ0n) is 12.5. The molecule has 0 heterocycles. The fourth-order valence-corrected chi connectivity index (χ4v) is 2.99. The molecule has 0 bridgehead atoms. The van der Waals surface area contributed by atoms with Crippen LogP contribution in [-0.2, 0) is 15.6 Å². The van der Waals surface area contributed by atoms with Gasteiger partial charge in [0.05, 0.1) is 12.8 Å². The number of benzene rings is 1. The standard InChI is InChI=1S/C14H22N2O3S/c1-9(20(18)14(2,3)4)13(17)16-11-7-6-10(15)8-12(11)19-5/h6-9H,15H2,1-5H3,(H,16,17). The van der Waals surface area contributed by atoms with Crippen molar-refractivity contribution in [2.75, 3.05) is 18.2 Å². The van der Waals surface area contributed by atoms with Crippen LogP contribution < -0.4 is 15.8 Å². The van der Waals surface area contributed by atoms with Crippen LogP contribution in [0.25, 0.3) is 0 Å². The van der Waals surface area contributed by atoms with Crippen LogP contribution in [0.15, 0.2) is 18.2 Å². The summed E-state index contributed by atoms with van der Waals surface area (Å²) in [5.41, 5.74) is 6.72. The molecule has 0 saturated heterocycles. The van der Waals surface area contributed by atoms with Gasteiger partial charge < -0.3 is 15.8 Å². The summed E-state index contributed by atoms with van der Waals surface area (Å²) < 4.78 is 16.9. The van der Waals surface area contributed by atoms with Gasteiger partial charge in [-0.25, -0.2) is 0 Å². The fraction of sp³-hybridized carbons (Fsp3) is 0.500. The van der Waals surface area contributed by atoms with Crippen LogP contribution in [0.3, 0.4) is 0 Å². The van der Waals surface area contributed by atoms with Crippen molar-refractivity contribution in [2.24, 2.45) is 0 Å². The second-order valence-corrected chi connectivity index (χ2v) is 8.03. The summed E-state index contributed by atoms with van der Waals surface area (Å²) in [6.07, 6.45) is 0. The zero-order chi connectivity index (χ0) is 15.5. The molecule has 0 aromatic heterocycles. The zero-order valence-corrected chi connectivity index (χ0v) is 13.3. The SMILES string of the molecule is COc1cc(N)ccc1NC(=O)C(C)S(=O)C(C)(C)C. The highest BCUT2D eigenvalue weighted by Crippen LogP contribution is 2.27. The maximum Gasteiger partial charge on any atom is 0.239 e. The highest BCUT2D eigenvalue weighted by atomic mass is 32.2. The van der Waals surface area contributed by atoms with E-state index >= 15 is 0 Å². The van der Waals surface area contributed by atoms with Gasteiger partial charge in [-0.3, -0.25) is 9.00 Å². The number of nitrogens with one attached hydrogen (secondary N) is 1. The van der Waals surface area contributed by atoms with Crippen molar-refractivity contribution >= 4 is 28.1 Å². The third kappa shape index (κ3) is 3.96. The number of nitrogens with two attached hydrogens (primary N) is 1. The molecule has 6 heteroatoms. The molecule has 0 spiro atoms. The second kappa shape index (κ2) is 6.26. The lowest BCUT2D eigenvalue weighted by molar-refractivity contribution is -0.115. The summed E-state index contributed by atoms with van der Waals surface area (Å²) in [4.78, 5) is 12.2. The number of hydrogen-bond donors (Lipinski definition) is 2. The lowest BCUT2D eigenvalue weighted by atomic mass is 10.2. The number of carbonyl (C=O) groups is 1. The van der Waals surface area contributed by atoms with Crippen LogP contribution in [-0.4, -0.2) is 27.2 Å². The molecule has 0 aliphatic rings. The van der Waals surface area contributed by atoms with E-state index < -0.39 is 20.8 Å². The molecule has 0 saturated carbocycles. The average Bonchev–Trinajstić information content (AvgIpc) is 2.37. The predicted molar refractivity (Wildman–Crippen MR) is 83.4 cm³/mol. The number of carbonyl (C=O) groups excluding carboxylic acids is 1. The summed E-state index contributed by atoms with van der Waals surface area (Å²) in [6.45, 7) is 7.19. The summed E-state index contributed by atoms with van der Waals surface area (Å²) in [5.74, 6) is 0.174. The minimum atomic E-state index is -1.28. The first-order valence-electron chi connectivity index (χ1n) is 6.32. The smallest absolute Gasteiger partial charge is 0.239 e. The number of ether oxygens (including phenoxy) is 1. The highest BCUT2D eigenvalue weighted by molar-refractivity contribution is 7.87. The molecule has 0 fully saturated rings. The predicted octanol–water partition coefficient (Wildman–Crippen LogP) is 2.15. The molecular weight excluding hydrogens is 276 g/mol. The van der Waals surface area contributed by atoms with E-state index in [-0.39, 0.29) is 5.91 Å².